The van der Waals surface area contributed by atoms with Crippen LogP contribution in [0.4, 0.5) is 19.0 Å². The lowest BCUT2D eigenvalue weighted by Crippen LogP contribution is -2.06. The maximum Gasteiger partial charge on any atom is 0.417 e. The van der Waals surface area contributed by atoms with Crippen molar-refractivity contribution in [1.82, 2.24) is 24.4 Å². The maximum atomic E-state index is 12.7. The van der Waals surface area contributed by atoms with Crippen molar-refractivity contribution in [2.24, 2.45) is 7.05 Å². The summed E-state index contributed by atoms with van der Waals surface area (Å²) in [5.74, 6) is 0.522. The monoisotopic (exact) mass is 282 g/mol. The first-order chi connectivity index (χ1) is 9.38. The van der Waals surface area contributed by atoms with E-state index in [1.807, 2.05) is 0 Å². The second kappa shape index (κ2) is 3.95. The fourth-order valence-corrected chi connectivity index (χ4v) is 1.86. The van der Waals surface area contributed by atoms with Gasteiger partial charge in [0.1, 0.15) is 5.82 Å². The number of hydrogen-bond donors (Lipinski definition) is 1. The minimum atomic E-state index is -4.43. The van der Waals surface area contributed by atoms with E-state index in [1.165, 1.54) is 21.3 Å². The summed E-state index contributed by atoms with van der Waals surface area (Å²) in [7, 11) is 1.63. The van der Waals surface area contributed by atoms with Crippen LogP contribution in [0.3, 0.4) is 0 Å². The van der Waals surface area contributed by atoms with Gasteiger partial charge in [-0.25, -0.2) is 0 Å². The molecule has 6 nitrogen and oxygen atoms in total. The summed E-state index contributed by atoms with van der Waals surface area (Å²) < 4.78 is 40.9. The van der Waals surface area contributed by atoms with E-state index in [0.29, 0.717) is 17.0 Å². The molecule has 0 saturated heterocycles. The zero-order valence-electron chi connectivity index (χ0n) is 10.3. The van der Waals surface area contributed by atoms with Crippen LogP contribution in [0.25, 0.3) is 17.0 Å². The summed E-state index contributed by atoms with van der Waals surface area (Å²) >= 11 is 0. The Morgan fingerprint density at radius 3 is 2.55 bits per heavy atom. The lowest BCUT2D eigenvalue weighted by molar-refractivity contribution is -0.137. The molecule has 0 radical (unpaired) electrons. The molecule has 3 rings (SSSR count). The standard InChI is InChI=1S/C11H9F3N6/c1-19-9(15)7(4-16-19)10-18-17-8-3-2-6(5-20(8)10)11(12,13)14/h2-5H,15H2,1H3. The van der Waals surface area contributed by atoms with E-state index in [9.17, 15) is 13.2 Å². The van der Waals surface area contributed by atoms with Crippen molar-refractivity contribution in [2.45, 2.75) is 6.18 Å². The zero-order chi connectivity index (χ0) is 14.5. The van der Waals surface area contributed by atoms with Crippen molar-refractivity contribution >= 4 is 11.5 Å². The van der Waals surface area contributed by atoms with Crippen LogP contribution in [0.15, 0.2) is 24.5 Å². The number of halogens is 3. The molecule has 3 aromatic rings. The Kier molecular flexibility index (Phi) is 2.46. The van der Waals surface area contributed by atoms with Gasteiger partial charge in [-0.1, -0.05) is 0 Å². The summed E-state index contributed by atoms with van der Waals surface area (Å²) in [6.07, 6.45) is -2.06. The molecule has 0 fully saturated rings. The van der Waals surface area contributed by atoms with Gasteiger partial charge in [-0.15, -0.1) is 10.2 Å². The summed E-state index contributed by atoms with van der Waals surface area (Å²) in [5, 5.41) is 11.6. The average Bonchev–Trinajstić information content (AvgIpc) is 2.93. The molecule has 0 aliphatic carbocycles. The fraction of sp³-hybridized carbons (Fsp3) is 0.182. The maximum absolute atomic E-state index is 12.7. The van der Waals surface area contributed by atoms with E-state index in [-0.39, 0.29) is 5.82 Å². The van der Waals surface area contributed by atoms with E-state index in [4.69, 9.17) is 5.73 Å². The van der Waals surface area contributed by atoms with Crippen LogP contribution in [0.1, 0.15) is 5.56 Å². The van der Waals surface area contributed by atoms with Crippen LogP contribution < -0.4 is 5.73 Å². The van der Waals surface area contributed by atoms with Gasteiger partial charge in [0.2, 0.25) is 0 Å². The van der Waals surface area contributed by atoms with Gasteiger partial charge in [-0.3, -0.25) is 9.08 Å². The van der Waals surface area contributed by atoms with Gasteiger partial charge in [0.05, 0.1) is 17.3 Å². The van der Waals surface area contributed by atoms with Crippen LogP contribution in [0.2, 0.25) is 0 Å². The van der Waals surface area contributed by atoms with Gasteiger partial charge in [0, 0.05) is 13.2 Å². The first kappa shape index (κ1) is 12.5. The Bertz CT molecular complexity index is 785. The molecular formula is C11H9F3N6. The minimum absolute atomic E-state index is 0.219. The third kappa shape index (κ3) is 1.78. The molecule has 2 N–H and O–H groups in total. The van der Waals surface area contributed by atoms with Crippen molar-refractivity contribution in [3.8, 4) is 11.4 Å². The molecule has 0 amide bonds. The highest BCUT2D eigenvalue weighted by atomic mass is 19.4. The third-order valence-corrected chi connectivity index (χ3v) is 2.96. The SMILES string of the molecule is Cn1ncc(-c2nnc3ccc(C(F)(F)F)cn23)c1N. The molecule has 3 heterocycles. The summed E-state index contributed by atoms with van der Waals surface area (Å²) in [5.41, 5.74) is 5.75. The van der Waals surface area contributed by atoms with E-state index < -0.39 is 11.7 Å². The average molecular weight is 282 g/mol. The highest BCUT2D eigenvalue weighted by Gasteiger charge is 2.31. The molecule has 0 aliphatic heterocycles. The van der Waals surface area contributed by atoms with E-state index in [2.05, 4.69) is 15.3 Å². The van der Waals surface area contributed by atoms with Crippen molar-refractivity contribution in [3.05, 3.63) is 30.1 Å². The van der Waals surface area contributed by atoms with Gasteiger partial charge in [0.25, 0.3) is 0 Å². The first-order valence-electron chi connectivity index (χ1n) is 5.58. The zero-order valence-corrected chi connectivity index (χ0v) is 10.3. The molecule has 104 valence electrons. The smallest absolute Gasteiger partial charge is 0.383 e. The molecule has 3 aromatic heterocycles. The second-order valence-electron chi connectivity index (χ2n) is 4.23. The third-order valence-electron chi connectivity index (χ3n) is 2.96. The normalized spacial score (nSPS) is 12.2. The van der Waals surface area contributed by atoms with Crippen LogP contribution in [0, 0.1) is 0 Å². The largest absolute Gasteiger partial charge is 0.417 e. The molecule has 0 aromatic carbocycles. The van der Waals surface area contributed by atoms with Gasteiger partial charge in [-0.05, 0) is 12.1 Å². The number of aryl methyl sites for hydroxylation is 1. The lowest BCUT2D eigenvalue weighted by Gasteiger charge is -2.07. The predicted molar refractivity (Wildman–Crippen MR) is 64.6 cm³/mol. The van der Waals surface area contributed by atoms with Crippen molar-refractivity contribution in [3.63, 3.8) is 0 Å². The molecule has 9 heteroatoms. The second-order valence-corrected chi connectivity index (χ2v) is 4.23. The van der Waals surface area contributed by atoms with Crippen LogP contribution >= 0.6 is 0 Å². The van der Waals surface area contributed by atoms with Crippen molar-refractivity contribution in [2.75, 3.05) is 5.73 Å². The number of rotatable bonds is 1. The van der Waals surface area contributed by atoms with E-state index in [1.54, 1.807) is 7.05 Å². The summed E-state index contributed by atoms with van der Waals surface area (Å²) in [4.78, 5) is 0. The number of anilines is 1. The lowest BCUT2D eigenvalue weighted by atomic mass is 10.2. The highest BCUT2D eigenvalue weighted by molar-refractivity contribution is 5.69. The van der Waals surface area contributed by atoms with Crippen LogP contribution in [0.5, 0.6) is 0 Å². The van der Waals surface area contributed by atoms with Gasteiger partial charge in [-0.2, -0.15) is 18.3 Å². The van der Waals surface area contributed by atoms with E-state index >= 15 is 0 Å². The first-order valence-corrected chi connectivity index (χ1v) is 5.58. The molecular weight excluding hydrogens is 273 g/mol. The summed E-state index contributed by atoms with van der Waals surface area (Å²) in [6.45, 7) is 0. The number of pyridine rings is 1. The number of hydrogen-bond acceptors (Lipinski definition) is 4. The van der Waals surface area contributed by atoms with Gasteiger partial charge >= 0.3 is 6.18 Å². The van der Waals surface area contributed by atoms with Crippen molar-refractivity contribution in [1.29, 1.82) is 0 Å². The predicted octanol–water partition coefficient (Wildman–Crippen LogP) is 1.73. The Labute approximate surface area is 110 Å². The number of alkyl halides is 3. The van der Waals surface area contributed by atoms with Crippen LogP contribution in [-0.2, 0) is 13.2 Å². The molecule has 20 heavy (non-hydrogen) atoms. The van der Waals surface area contributed by atoms with E-state index in [0.717, 1.165) is 12.3 Å². The summed E-state index contributed by atoms with van der Waals surface area (Å²) in [6, 6.07) is 2.21. The fourth-order valence-electron chi connectivity index (χ4n) is 1.86. The quantitative estimate of drug-likeness (QED) is 0.737. The number of nitrogen functional groups attached to an aromatic ring is 1. The Balaban J connectivity index is 2.24. The minimum Gasteiger partial charge on any atom is -0.383 e. The molecule has 0 spiro atoms. The van der Waals surface area contributed by atoms with Crippen LogP contribution in [-0.4, -0.2) is 24.4 Å². The molecule has 0 unspecified atom stereocenters. The molecule has 0 atom stereocenters. The number of fused-ring (bicyclic) bond motifs is 1. The van der Waals surface area contributed by atoms with Crippen molar-refractivity contribution < 1.29 is 13.2 Å². The Hall–Kier alpha value is -2.58. The number of nitrogens with two attached hydrogens (primary N) is 1. The Morgan fingerprint density at radius 2 is 1.95 bits per heavy atom. The molecule has 0 saturated carbocycles. The molecule has 0 bridgehead atoms. The number of nitrogens with zero attached hydrogens (tertiary/aromatic N) is 5. The van der Waals surface area contributed by atoms with Gasteiger partial charge in [0.15, 0.2) is 11.5 Å². The number of aromatic nitrogens is 5. The Morgan fingerprint density at radius 1 is 1.20 bits per heavy atom. The topological polar surface area (TPSA) is 74.0 Å². The molecule has 0 aliphatic rings. The highest BCUT2D eigenvalue weighted by Crippen LogP contribution is 2.31. The van der Waals surface area contributed by atoms with Gasteiger partial charge < -0.3 is 5.73 Å².